The van der Waals surface area contributed by atoms with Crippen LogP contribution in [-0.2, 0) is 0 Å². The van der Waals surface area contributed by atoms with Crippen molar-refractivity contribution in [3.8, 4) is 0 Å². The van der Waals surface area contributed by atoms with Gasteiger partial charge in [-0.2, -0.15) is 0 Å². The lowest BCUT2D eigenvalue weighted by molar-refractivity contribution is 0.388. The Morgan fingerprint density at radius 2 is 1.33 bits per heavy atom. The fourth-order valence-electron chi connectivity index (χ4n) is 1.80. The lowest BCUT2D eigenvalue weighted by Crippen LogP contribution is -2.00. The Hall–Kier alpha value is 0. The third kappa shape index (κ3) is 8.10. The highest BCUT2D eigenvalue weighted by atomic mass is 14.1. The van der Waals surface area contributed by atoms with E-state index in [-0.39, 0.29) is 0 Å². The van der Waals surface area contributed by atoms with Crippen molar-refractivity contribution in [1.29, 1.82) is 0 Å². The van der Waals surface area contributed by atoms with E-state index in [1.807, 2.05) is 0 Å². The highest BCUT2D eigenvalue weighted by Crippen LogP contribution is 2.18. The van der Waals surface area contributed by atoms with E-state index in [2.05, 4.69) is 34.6 Å². The van der Waals surface area contributed by atoms with E-state index in [4.69, 9.17) is 0 Å². The first-order valence-corrected chi connectivity index (χ1v) is 5.52. The van der Waals surface area contributed by atoms with Gasteiger partial charge >= 0.3 is 0 Å². The van der Waals surface area contributed by atoms with Crippen LogP contribution in [0.15, 0.2) is 0 Å². The van der Waals surface area contributed by atoms with Crippen molar-refractivity contribution >= 4 is 0 Å². The van der Waals surface area contributed by atoms with Gasteiger partial charge in [0.25, 0.3) is 0 Å². The van der Waals surface area contributed by atoms with Gasteiger partial charge in [-0.15, -0.1) is 0 Å². The minimum atomic E-state index is 0.874. The predicted octanol–water partition coefficient (Wildman–Crippen LogP) is 4.49. The van der Waals surface area contributed by atoms with Gasteiger partial charge in [-0.05, 0) is 24.2 Å². The smallest absolute Gasteiger partial charge is 0.0440 e. The topological polar surface area (TPSA) is 0 Å². The van der Waals surface area contributed by atoms with Crippen molar-refractivity contribution in [1.82, 2.24) is 0 Å². The molecule has 12 heavy (non-hydrogen) atoms. The molecular weight excluding hydrogens is 144 g/mol. The van der Waals surface area contributed by atoms with E-state index in [0.29, 0.717) is 0 Å². The number of rotatable bonds is 6. The van der Waals surface area contributed by atoms with E-state index in [1.54, 1.807) is 0 Å². The van der Waals surface area contributed by atoms with Crippen molar-refractivity contribution < 1.29 is 0 Å². The fraction of sp³-hybridized carbons (Fsp3) is 1.00. The molecule has 1 atom stereocenters. The Bertz CT molecular complexity index is 92.2. The molecule has 0 radical (unpaired) electrons. The summed E-state index contributed by atoms with van der Waals surface area (Å²) in [5, 5.41) is 0. The quantitative estimate of drug-likeness (QED) is 0.551. The van der Waals surface area contributed by atoms with Gasteiger partial charge < -0.3 is 0 Å². The van der Waals surface area contributed by atoms with Crippen LogP contribution in [0.3, 0.4) is 0 Å². The maximum atomic E-state index is 2.39. The maximum absolute atomic E-state index is 2.39. The molecule has 0 heterocycles. The van der Waals surface area contributed by atoms with E-state index >= 15 is 0 Å². The normalized spacial score (nSPS) is 14.2. The molecule has 0 bridgehead atoms. The van der Waals surface area contributed by atoms with Crippen molar-refractivity contribution in [2.24, 2.45) is 17.8 Å². The standard InChI is InChI=1S/C12H26/c1-10(2)7-6-8-12(5)9-11(3)4/h10-12H,6-9H2,1-5H3/t12-/m0/s1. The van der Waals surface area contributed by atoms with Crippen molar-refractivity contribution in [2.75, 3.05) is 0 Å². The lowest BCUT2D eigenvalue weighted by Gasteiger charge is -2.14. The molecule has 0 fully saturated rings. The largest absolute Gasteiger partial charge is 0.0628 e. The van der Waals surface area contributed by atoms with E-state index in [1.165, 1.54) is 25.7 Å². The van der Waals surface area contributed by atoms with Crippen LogP contribution in [0, 0.1) is 17.8 Å². The summed E-state index contributed by atoms with van der Waals surface area (Å²) in [6, 6.07) is 0. The SMILES string of the molecule is CC(C)CCC[C@H](C)CC(C)C. The second kappa shape index (κ2) is 6.51. The fourth-order valence-corrected chi connectivity index (χ4v) is 1.80. The zero-order valence-corrected chi connectivity index (χ0v) is 9.56. The Morgan fingerprint density at radius 3 is 1.75 bits per heavy atom. The molecule has 0 aliphatic heterocycles. The number of hydrogen-bond donors (Lipinski definition) is 0. The van der Waals surface area contributed by atoms with Crippen LogP contribution < -0.4 is 0 Å². The zero-order chi connectivity index (χ0) is 9.56. The Balaban J connectivity index is 3.25. The Kier molecular flexibility index (Phi) is 6.51. The van der Waals surface area contributed by atoms with Crippen LogP contribution in [0.25, 0.3) is 0 Å². The van der Waals surface area contributed by atoms with Crippen molar-refractivity contribution in [2.45, 2.75) is 60.3 Å². The third-order valence-electron chi connectivity index (χ3n) is 2.35. The summed E-state index contributed by atoms with van der Waals surface area (Å²) in [6.45, 7) is 11.7. The zero-order valence-electron chi connectivity index (χ0n) is 9.56. The molecule has 0 nitrogen and oxygen atoms in total. The molecule has 0 saturated heterocycles. The monoisotopic (exact) mass is 170 g/mol. The molecule has 74 valence electrons. The first-order valence-electron chi connectivity index (χ1n) is 5.52. The first kappa shape index (κ1) is 12.0. The van der Waals surface area contributed by atoms with Crippen molar-refractivity contribution in [3.63, 3.8) is 0 Å². The van der Waals surface area contributed by atoms with Crippen LogP contribution in [-0.4, -0.2) is 0 Å². The van der Waals surface area contributed by atoms with Gasteiger partial charge in [0.1, 0.15) is 0 Å². The molecule has 0 N–H and O–H groups in total. The molecular formula is C12H26. The summed E-state index contributed by atoms with van der Waals surface area (Å²) >= 11 is 0. The van der Waals surface area contributed by atoms with Gasteiger partial charge in [0.05, 0.1) is 0 Å². The summed E-state index contributed by atoms with van der Waals surface area (Å²) in [6.07, 6.45) is 5.66. The molecule has 0 aromatic rings. The Morgan fingerprint density at radius 1 is 0.750 bits per heavy atom. The second-order valence-corrected chi connectivity index (χ2v) is 5.06. The molecule has 0 amide bonds. The van der Waals surface area contributed by atoms with E-state index < -0.39 is 0 Å². The molecule has 0 saturated carbocycles. The summed E-state index contributed by atoms with van der Waals surface area (Å²) in [5.41, 5.74) is 0. The van der Waals surface area contributed by atoms with Gasteiger partial charge in [-0.3, -0.25) is 0 Å². The summed E-state index contributed by atoms with van der Waals surface area (Å²) in [4.78, 5) is 0. The average molecular weight is 170 g/mol. The van der Waals surface area contributed by atoms with Crippen LogP contribution in [0.2, 0.25) is 0 Å². The van der Waals surface area contributed by atoms with Gasteiger partial charge in [-0.25, -0.2) is 0 Å². The lowest BCUT2D eigenvalue weighted by atomic mass is 9.93. The van der Waals surface area contributed by atoms with Crippen LogP contribution in [0.4, 0.5) is 0 Å². The van der Waals surface area contributed by atoms with E-state index in [0.717, 1.165) is 17.8 Å². The van der Waals surface area contributed by atoms with Crippen LogP contribution >= 0.6 is 0 Å². The third-order valence-corrected chi connectivity index (χ3v) is 2.35. The first-order chi connectivity index (χ1) is 5.52. The van der Waals surface area contributed by atoms with Crippen LogP contribution in [0.1, 0.15) is 60.3 Å². The predicted molar refractivity (Wildman–Crippen MR) is 57.3 cm³/mol. The molecule has 0 aromatic carbocycles. The molecule has 0 unspecified atom stereocenters. The summed E-state index contributed by atoms with van der Waals surface area (Å²) in [7, 11) is 0. The van der Waals surface area contributed by atoms with Gasteiger partial charge in [0.15, 0.2) is 0 Å². The molecule has 0 rings (SSSR count). The average Bonchev–Trinajstić information content (AvgIpc) is 1.84. The van der Waals surface area contributed by atoms with Crippen LogP contribution in [0.5, 0.6) is 0 Å². The highest BCUT2D eigenvalue weighted by Gasteiger charge is 2.04. The number of hydrogen-bond acceptors (Lipinski definition) is 0. The minimum absolute atomic E-state index is 0.874. The molecule has 0 aromatic heterocycles. The van der Waals surface area contributed by atoms with Crippen molar-refractivity contribution in [3.05, 3.63) is 0 Å². The molecule has 0 spiro atoms. The Labute approximate surface area is 78.8 Å². The second-order valence-electron chi connectivity index (χ2n) is 5.06. The van der Waals surface area contributed by atoms with Gasteiger partial charge in [-0.1, -0.05) is 53.9 Å². The highest BCUT2D eigenvalue weighted by molar-refractivity contribution is 4.57. The molecule has 0 aliphatic rings. The van der Waals surface area contributed by atoms with E-state index in [9.17, 15) is 0 Å². The summed E-state index contributed by atoms with van der Waals surface area (Å²) in [5.74, 6) is 2.69. The van der Waals surface area contributed by atoms with Gasteiger partial charge in [0.2, 0.25) is 0 Å². The summed E-state index contributed by atoms with van der Waals surface area (Å²) < 4.78 is 0. The van der Waals surface area contributed by atoms with Gasteiger partial charge in [0, 0.05) is 0 Å². The molecule has 0 heteroatoms. The maximum Gasteiger partial charge on any atom is -0.0440 e. The minimum Gasteiger partial charge on any atom is -0.0628 e. The molecule has 0 aliphatic carbocycles.